The largest absolute Gasteiger partial charge is 0.405 e. The Kier molecular flexibility index (Phi) is 8.54. The van der Waals surface area contributed by atoms with Crippen LogP contribution in [0.25, 0.3) is 11.8 Å². The van der Waals surface area contributed by atoms with Gasteiger partial charge in [-0.1, -0.05) is 24.3 Å². The van der Waals surface area contributed by atoms with Gasteiger partial charge in [-0.05, 0) is 37.1 Å². The van der Waals surface area contributed by atoms with Crippen LogP contribution in [0.2, 0.25) is 0 Å². The van der Waals surface area contributed by atoms with Crippen molar-refractivity contribution in [2.75, 3.05) is 35.2 Å². The number of nitriles is 1. The van der Waals surface area contributed by atoms with Gasteiger partial charge < -0.3 is 20.9 Å². The van der Waals surface area contributed by atoms with Crippen molar-refractivity contribution in [1.29, 1.82) is 5.26 Å². The summed E-state index contributed by atoms with van der Waals surface area (Å²) in [5, 5.41) is 16.7. The minimum Gasteiger partial charge on any atom is -0.362 e. The van der Waals surface area contributed by atoms with Crippen molar-refractivity contribution in [2.24, 2.45) is 0 Å². The molecule has 0 saturated carbocycles. The molecule has 0 aliphatic carbocycles. The van der Waals surface area contributed by atoms with E-state index in [-0.39, 0.29) is 34.0 Å². The van der Waals surface area contributed by atoms with Crippen molar-refractivity contribution in [2.45, 2.75) is 26.1 Å². The lowest BCUT2D eigenvalue weighted by molar-refractivity contribution is -0.135. The van der Waals surface area contributed by atoms with Crippen LogP contribution in [0.3, 0.4) is 0 Å². The Morgan fingerprint density at radius 3 is 2.65 bits per heavy atom. The predicted octanol–water partition coefficient (Wildman–Crippen LogP) is 1.53. The molecule has 3 heterocycles. The number of pyridine rings is 1. The third kappa shape index (κ3) is 6.67. The number of anilines is 3. The number of amides is 2. The fourth-order valence-electron chi connectivity index (χ4n) is 4.11. The summed E-state index contributed by atoms with van der Waals surface area (Å²) in [4.78, 5) is 44.1. The van der Waals surface area contributed by atoms with Crippen molar-refractivity contribution in [1.82, 2.24) is 14.9 Å². The highest BCUT2D eigenvalue weighted by Crippen LogP contribution is 2.27. The van der Waals surface area contributed by atoms with E-state index in [4.69, 9.17) is 0 Å². The normalized spacial score (nSPS) is 13.9. The van der Waals surface area contributed by atoms with Gasteiger partial charge in [0, 0.05) is 25.0 Å². The smallest absolute Gasteiger partial charge is 0.362 e. The molecule has 0 fully saturated rings. The van der Waals surface area contributed by atoms with E-state index in [1.807, 2.05) is 29.2 Å². The quantitative estimate of drug-likeness (QED) is 0.374. The van der Waals surface area contributed by atoms with Crippen molar-refractivity contribution < 1.29 is 22.8 Å². The molecule has 2 aromatic heterocycles. The van der Waals surface area contributed by atoms with Crippen LogP contribution in [0.1, 0.15) is 12.5 Å². The standard InChI is InChI=1S/C26H24F3N7O3S/c1-2-36-24(39)19(40-25(36)17(12-30)23(38)32-15-26(27,28)29)13-31-20-8-5-9-21(33-20)34-22(37)14-35-11-10-16-6-3-4-7-18(16)35/h3-9,13H,2,10-11,14-15H2,1H3,(H,32,38)(H2,31,33,34,37). The molecular weight excluding hydrogens is 547 g/mol. The first-order valence-corrected chi connectivity index (χ1v) is 13.0. The zero-order chi connectivity index (χ0) is 28.9. The molecule has 0 bridgehead atoms. The number of hydrogen-bond donors (Lipinski definition) is 3. The van der Waals surface area contributed by atoms with Gasteiger partial charge in [-0.15, -0.1) is 11.3 Å². The molecule has 1 aromatic carbocycles. The maximum atomic E-state index is 12.9. The molecule has 3 N–H and O–H groups in total. The molecule has 0 unspecified atom stereocenters. The number of nitrogens with one attached hydrogen (secondary N) is 3. The summed E-state index contributed by atoms with van der Waals surface area (Å²) in [6, 6.07) is 14.4. The number of aromatic nitrogens is 2. The van der Waals surface area contributed by atoms with E-state index < -0.39 is 29.8 Å². The van der Waals surface area contributed by atoms with E-state index in [1.165, 1.54) is 11.8 Å². The number of fused-ring (bicyclic) bond motifs is 1. The lowest BCUT2D eigenvalue weighted by Gasteiger charge is -2.18. The van der Waals surface area contributed by atoms with Crippen LogP contribution in [0, 0.1) is 11.3 Å². The molecular formula is C26H24F3N7O3S. The molecule has 0 spiro atoms. The molecule has 0 radical (unpaired) electrons. The molecule has 1 aliphatic rings. The van der Waals surface area contributed by atoms with E-state index in [0.717, 1.165) is 34.6 Å². The molecule has 10 nitrogen and oxygen atoms in total. The number of hydrogen-bond acceptors (Lipinski definition) is 8. The summed E-state index contributed by atoms with van der Waals surface area (Å²) >= 11 is 0.779. The number of nitrogens with zero attached hydrogens (tertiary/aromatic N) is 4. The highest BCUT2D eigenvalue weighted by atomic mass is 32.1. The number of thiazole rings is 1. The predicted molar refractivity (Wildman–Crippen MR) is 145 cm³/mol. The van der Waals surface area contributed by atoms with Crippen LogP contribution in [0.4, 0.5) is 30.5 Å². The van der Waals surface area contributed by atoms with Gasteiger partial charge in [0.25, 0.3) is 11.5 Å². The van der Waals surface area contributed by atoms with Gasteiger partial charge in [-0.25, -0.2) is 4.98 Å². The second-order valence-electron chi connectivity index (χ2n) is 8.65. The second-order valence-corrected chi connectivity index (χ2v) is 9.68. The minimum atomic E-state index is -4.65. The fraction of sp³-hybridized carbons (Fsp3) is 0.269. The Labute approximate surface area is 230 Å². The van der Waals surface area contributed by atoms with Crippen LogP contribution >= 0.6 is 11.3 Å². The SMILES string of the molecule is CCn1c(=C(C#N)C(=O)NCC(F)(F)F)sc(=CNc2cccc(NC(=O)CN3CCc4ccccc43)n2)c1=O. The lowest BCUT2D eigenvalue weighted by atomic mass is 10.2. The summed E-state index contributed by atoms with van der Waals surface area (Å²) in [5.74, 6) is -0.892. The number of alkyl halides is 3. The number of halogens is 3. The van der Waals surface area contributed by atoms with E-state index >= 15 is 0 Å². The van der Waals surface area contributed by atoms with E-state index in [0.29, 0.717) is 5.82 Å². The average molecular weight is 572 g/mol. The molecule has 0 saturated heterocycles. The summed E-state index contributed by atoms with van der Waals surface area (Å²) in [6.07, 6.45) is -2.47. The van der Waals surface area contributed by atoms with Gasteiger partial charge in [0.05, 0.1) is 6.54 Å². The molecule has 14 heteroatoms. The van der Waals surface area contributed by atoms with Crippen molar-refractivity contribution >= 4 is 52.2 Å². The van der Waals surface area contributed by atoms with Gasteiger partial charge in [0.15, 0.2) is 5.57 Å². The number of rotatable bonds is 8. The van der Waals surface area contributed by atoms with Crippen LogP contribution < -0.4 is 35.6 Å². The molecule has 40 heavy (non-hydrogen) atoms. The van der Waals surface area contributed by atoms with Gasteiger partial charge in [0.1, 0.15) is 33.4 Å². The highest BCUT2D eigenvalue weighted by molar-refractivity contribution is 7.07. The number of carbonyl (C=O) groups excluding carboxylic acids is 2. The Balaban J connectivity index is 1.50. The van der Waals surface area contributed by atoms with E-state index in [1.54, 1.807) is 36.5 Å². The summed E-state index contributed by atoms with van der Waals surface area (Å²) in [5.41, 5.74) is 1.08. The summed E-state index contributed by atoms with van der Waals surface area (Å²) in [6.45, 7) is 0.974. The first-order valence-electron chi connectivity index (χ1n) is 12.1. The van der Waals surface area contributed by atoms with Gasteiger partial charge in [-0.3, -0.25) is 19.0 Å². The van der Waals surface area contributed by atoms with Crippen LogP contribution in [0.15, 0.2) is 47.3 Å². The average Bonchev–Trinajstić information content (AvgIpc) is 3.46. The Morgan fingerprint density at radius 1 is 1.18 bits per heavy atom. The van der Waals surface area contributed by atoms with Gasteiger partial charge >= 0.3 is 6.18 Å². The fourth-order valence-corrected chi connectivity index (χ4v) is 5.19. The van der Waals surface area contributed by atoms with Crippen molar-refractivity contribution in [3.63, 3.8) is 0 Å². The minimum absolute atomic E-state index is 0.0693. The topological polar surface area (TPSA) is 132 Å². The maximum Gasteiger partial charge on any atom is 0.405 e. The van der Waals surface area contributed by atoms with E-state index in [9.17, 15) is 32.8 Å². The Hall–Kier alpha value is -4.64. The molecule has 1 aliphatic heterocycles. The first-order chi connectivity index (χ1) is 19.1. The summed E-state index contributed by atoms with van der Waals surface area (Å²) < 4.78 is 38.7. The van der Waals surface area contributed by atoms with Crippen LogP contribution in [0.5, 0.6) is 0 Å². The molecule has 4 rings (SSSR count). The zero-order valence-corrected chi connectivity index (χ0v) is 22.0. The monoisotopic (exact) mass is 571 g/mol. The third-order valence-corrected chi connectivity index (χ3v) is 7.04. The molecule has 2 amide bonds. The Morgan fingerprint density at radius 2 is 1.93 bits per heavy atom. The molecule has 3 aromatic rings. The number of carbonyl (C=O) groups is 2. The van der Waals surface area contributed by atoms with E-state index in [2.05, 4.69) is 15.6 Å². The molecule has 208 valence electrons. The maximum absolute atomic E-state index is 12.9. The summed E-state index contributed by atoms with van der Waals surface area (Å²) in [7, 11) is 0. The molecule has 0 atom stereocenters. The second kappa shape index (κ2) is 12.0. The zero-order valence-electron chi connectivity index (χ0n) is 21.2. The Bertz CT molecular complexity index is 1660. The van der Waals surface area contributed by atoms with Crippen molar-refractivity contribution in [3.05, 3.63) is 67.6 Å². The van der Waals surface area contributed by atoms with Crippen LogP contribution in [-0.2, 0) is 22.6 Å². The van der Waals surface area contributed by atoms with Crippen molar-refractivity contribution in [3.8, 4) is 6.07 Å². The highest BCUT2D eigenvalue weighted by Gasteiger charge is 2.29. The van der Waals surface area contributed by atoms with Gasteiger partial charge in [0.2, 0.25) is 5.91 Å². The van der Waals surface area contributed by atoms with Crippen LogP contribution in [-0.4, -0.2) is 47.2 Å². The number of benzene rings is 1. The number of para-hydroxylation sites is 1. The first kappa shape index (κ1) is 28.4. The van der Waals surface area contributed by atoms with Gasteiger partial charge in [-0.2, -0.15) is 18.4 Å². The lowest BCUT2D eigenvalue weighted by Crippen LogP contribution is -2.37. The third-order valence-electron chi connectivity index (χ3n) is 5.91.